The predicted molar refractivity (Wildman–Crippen MR) is 131 cm³/mol. The van der Waals surface area contributed by atoms with Gasteiger partial charge in [-0.1, -0.05) is 0 Å². The molecule has 0 bridgehead atoms. The minimum absolute atomic E-state index is 0.0157. The van der Waals surface area contributed by atoms with Crippen LogP contribution in [0.5, 0.6) is 0 Å². The first-order chi connectivity index (χ1) is 18.8. The average molecular weight is 542 g/mol. The maximum Gasteiger partial charge on any atom is 0.267 e. The number of aromatic amines is 1. The molecular weight excluding hydrogens is 518 g/mol. The Morgan fingerprint density at radius 1 is 1.08 bits per heavy atom. The zero-order chi connectivity index (χ0) is 27.0. The van der Waals surface area contributed by atoms with Crippen LogP contribution in [-0.2, 0) is 9.59 Å². The summed E-state index contributed by atoms with van der Waals surface area (Å²) in [6.07, 6.45) is 4.36. The molecule has 0 spiro atoms. The summed E-state index contributed by atoms with van der Waals surface area (Å²) in [5.74, 6) is -2.51. The minimum Gasteiger partial charge on any atom is -0.349 e. The topological polar surface area (TPSA) is 117 Å². The fraction of sp³-hybridized carbons (Fsp3) is 0.423. The van der Waals surface area contributed by atoms with Gasteiger partial charge in [0.2, 0.25) is 11.8 Å². The Hall–Kier alpha value is -4.03. The predicted octanol–water partition coefficient (Wildman–Crippen LogP) is 4.62. The largest absolute Gasteiger partial charge is 0.349 e. The second kappa shape index (κ2) is 8.75. The van der Waals surface area contributed by atoms with Gasteiger partial charge in [-0.25, -0.2) is 22.5 Å². The van der Waals surface area contributed by atoms with Crippen molar-refractivity contribution in [1.29, 1.82) is 0 Å². The van der Waals surface area contributed by atoms with Gasteiger partial charge in [-0.05, 0) is 38.0 Å². The van der Waals surface area contributed by atoms with Gasteiger partial charge in [-0.2, -0.15) is 5.10 Å². The van der Waals surface area contributed by atoms with E-state index in [1.54, 1.807) is 0 Å². The Morgan fingerprint density at radius 3 is 2.51 bits per heavy atom. The number of aromatic nitrogens is 5. The normalized spacial score (nSPS) is 21.5. The van der Waals surface area contributed by atoms with Crippen LogP contribution in [0.4, 0.5) is 23.4 Å². The summed E-state index contributed by atoms with van der Waals surface area (Å²) >= 11 is 0. The van der Waals surface area contributed by atoms with Crippen LogP contribution in [0.3, 0.4) is 0 Å². The summed E-state index contributed by atoms with van der Waals surface area (Å²) in [5.41, 5.74) is -0.396. The monoisotopic (exact) mass is 541 g/mol. The van der Waals surface area contributed by atoms with Crippen molar-refractivity contribution < 1.29 is 27.2 Å². The van der Waals surface area contributed by atoms with Gasteiger partial charge in [0, 0.05) is 28.6 Å². The van der Waals surface area contributed by atoms with E-state index in [1.165, 1.54) is 29.2 Å². The molecule has 9 nitrogen and oxygen atoms in total. The standard InChI is InChI=1S/C26H23F4N7O2/c27-14-5-12(14)26(39)34-16-9-37-8-15(31-7-17(37)33-16)18-13-6-32-36-23(13)20(21(28)19(18)24(29)30)22(10-1-2-10)35-25(38)11-3-4-11/h6-12,14,22,24H,1-5H2,(H,32,36)(H,34,39)(H,35,38)/t12-,14+,22?/m1/s1. The molecule has 0 aliphatic heterocycles. The SMILES string of the molecule is O=C(NC(c1c(F)c(C(F)F)c(-c2cn3cc(NC(=O)[C@@H]4C[C@@H]4F)nc3cn2)c2cn[nH]c12)C1CC1)C1CC1. The van der Waals surface area contributed by atoms with Crippen LogP contribution in [0.15, 0.2) is 24.8 Å². The van der Waals surface area contributed by atoms with Crippen molar-refractivity contribution in [2.45, 2.75) is 50.7 Å². The van der Waals surface area contributed by atoms with Gasteiger partial charge >= 0.3 is 0 Å². The van der Waals surface area contributed by atoms with Crippen molar-refractivity contribution in [2.75, 3.05) is 5.32 Å². The fourth-order valence-electron chi connectivity index (χ4n) is 5.18. The second-order valence-electron chi connectivity index (χ2n) is 10.6. The Labute approximate surface area is 218 Å². The van der Waals surface area contributed by atoms with Crippen LogP contribution in [0.25, 0.3) is 27.8 Å². The third-order valence-electron chi connectivity index (χ3n) is 7.69. The molecule has 3 aromatic heterocycles. The molecule has 1 unspecified atom stereocenters. The van der Waals surface area contributed by atoms with Gasteiger partial charge in [-0.3, -0.25) is 19.7 Å². The number of fused-ring (bicyclic) bond motifs is 2. The second-order valence-corrected chi connectivity index (χ2v) is 10.6. The van der Waals surface area contributed by atoms with E-state index >= 15 is 4.39 Å². The van der Waals surface area contributed by atoms with Crippen LogP contribution >= 0.6 is 0 Å². The maximum atomic E-state index is 16.2. The lowest BCUT2D eigenvalue weighted by Crippen LogP contribution is -2.32. The highest BCUT2D eigenvalue weighted by Crippen LogP contribution is 2.48. The lowest BCUT2D eigenvalue weighted by Gasteiger charge is -2.23. The third-order valence-corrected chi connectivity index (χ3v) is 7.69. The Morgan fingerprint density at radius 2 is 1.85 bits per heavy atom. The lowest BCUT2D eigenvalue weighted by molar-refractivity contribution is -0.123. The van der Waals surface area contributed by atoms with Crippen LogP contribution in [0.1, 0.15) is 55.7 Å². The number of anilines is 1. The quantitative estimate of drug-likeness (QED) is 0.282. The van der Waals surface area contributed by atoms with Crippen LogP contribution in [0.2, 0.25) is 0 Å². The number of hydrogen-bond donors (Lipinski definition) is 3. The van der Waals surface area contributed by atoms with Crippen molar-refractivity contribution in [1.82, 2.24) is 29.9 Å². The smallest absolute Gasteiger partial charge is 0.267 e. The maximum absolute atomic E-state index is 16.2. The molecule has 3 N–H and O–H groups in total. The molecule has 0 saturated heterocycles. The number of nitrogens with one attached hydrogen (secondary N) is 3. The van der Waals surface area contributed by atoms with E-state index in [9.17, 15) is 22.8 Å². The highest BCUT2D eigenvalue weighted by molar-refractivity contribution is 5.98. The Kier molecular flexibility index (Phi) is 5.39. The zero-order valence-electron chi connectivity index (χ0n) is 20.4. The van der Waals surface area contributed by atoms with Crippen LogP contribution in [-0.4, -0.2) is 42.6 Å². The Balaban J connectivity index is 1.32. The number of benzene rings is 1. The summed E-state index contributed by atoms with van der Waals surface area (Å²) in [6, 6.07) is -0.752. The first-order valence-electron chi connectivity index (χ1n) is 12.9. The molecule has 1 aromatic carbocycles. The van der Waals surface area contributed by atoms with E-state index in [2.05, 4.69) is 30.8 Å². The number of imidazole rings is 1. The molecule has 0 radical (unpaired) electrons. The van der Waals surface area contributed by atoms with Crippen molar-refractivity contribution in [3.05, 3.63) is 41.7 Å². The number of alkyl halides is 3. The molecule has 3 atom stereocenters. The Bertz CT molecular complexity index is 1640. The fourth-order valence-corrected chi connectivity index (χ4v) is 5.18. The van der Waals surface area contributed by atoms with Gasteiger partial charge in [0.05, 0.1) is 47.3 Å². The first-order valence-corrected chi connectivity index (χ1v) is 12.9. The lowest BCUT2D eigenvalue weighted by atomic mass is 9.91. The molecule has 3 saturated carbocycles. The van der Waals surface area contributed by atoms with Gasteiger partial charge in [0.1, 0.15) is 12.0 Å². The summed E-state index contributed by atoms with van der Waals surface area (Å²) < 4.78 is 60.0. The number of carbonyl (C=O) groups is 2. The first kappa shape index (κ1) is 24.0. The molecule has 3 aliphatic carbocycles. The van der Waals surface area contributed by atoms with Gasteiger partial charge < -0.3 is 15.0 Å². The van der Waals surface area contributed by atoms with Crippen LogP contribution in [0, 0.1) is 23.6 Å². The molecule has 3 heterocycles. The summed E-state index contributed by atoms with van der Waals surface area (Å²) in [4.78, 5) is 33.2. The minimum atomic E-state index is -3.18. The van der Waals surface area contributed by atoms with E-state index < -0.39 is 41.8 Å². The average Bonchev–Trinajstić information content (AvgIpc) is 3.82. The molecule has 13 heteroatoms. The van der Waals surface area contributed by atoms with E-state index in [1.807, 2.05) is 0 Å². The van der Waals surface area contributed by atoms with Gasteiger partial charge in [-0.15, -0.1) is 0 Å². The summed E-state index contributed by atoms with van der Waals surface area (Å²) in [7, 11) is 0. The molecule has 2 amide bonds. The highest BCUT2D eigenvalue weighted by Gasteiger charge is 2.44. The van der Waals surface area contributed by atoms with E-state index in [-0.39, 0.29) is 57.7 Å². The van der Waals surface area contributed by atoms with Crippen molar-refractivity contribution in [3.8, 4) is 11.3 Å². The van der Waals surface area contributed by atoms with E-state index in [0.29, 0.717) is 5.65 Å². The summed E-state index contributed by atoms with van der Waals surface area (Å²) in [6.45, 7) is 0. The molecule has 4 aromatic rings. The summed E-state index contributed by atoms with van der Waals surface area (Å²) in [5, 5.41) is 12.5. The third kappa shape index (κ3) is 4.20. The number of rotatable bonds is 8. The molecule has 202 valence electrons. The van der Waals surface area contributed by atoms with Crippen molar-refractivity contribution in [3.63, 3.8) is 0 Å². The molecular formula is C26H23F4N7O2. The molecule has 7 rings (SSSR count). The van der Waals surface area contributed by atoms with E-state index in [4.69, 9.17) is 0 Å². The number of nitrogens with zero attached hydrogens (tertiary/aromatic N) is 4. The number of amides is 2. The van der Waals surface area contributed by atoms with E-state index in [0.717, 1.165) is 25.7 Å². The van der Waals surface area contributed by atoms with Crippen LogP contribution < -0.4 is 10.6 Å². The van der Waals surface area contributed by atoms with Crippen molar-refractivity contribution in [2.24, 2.45) is 17.8 Å². The number of hydrogen-bond acceptors (Lipinski definition) is 5. The number of halogens is 4. The molecule has 3 fully saturated rings. The number of H-pyrrole nitrogens is 1. The van der Waals surface area contributed by atoms with Crippen molar-refractivity contribution >= 4 is 34.2 Å². The van der Waals surface area contributed by atoms with Gasteiger partial charge in [0.25, 0.3) is 6.43 Å². The molecule has 39 heavy (non-hydrogen) atoms. The zero-order valence-corrected chi connectivity index (χ0v) is 20.4. The van der Waals surface area contributed by atoms with Gasteiger partial charge in [0.15, 0.2) is 11.5 Å². The number of carbonyl (C=O) groups excluding carboxylic acids is 2. The molecule has 3 aliphatic rings. The highest BCUT2D eigenvalue weighted by atomic mass is 19.3.